The number of hydrogen-bond acceptors (Lipinski definition) is 7. The van der Waals surface area contributed by atoms with Crippen LogP contribution in [0.3, 0.4) is 0 Å². The SMILES string of the molecule is CC(Nc1nc(N)nc2[nH]ncc12)c1nc2ccn(C)c2cc1-c1ccnn1C. The van der Waals surface area contributed by atoms with Crippen molar-refractivity contribution < 1.29 is 0 Å². The molecule has 0 aliphatic carbocycles. The fourth-order valence-electron chi connectivity index (χ4n) is 3.61. The zero-order valence-electron chi connectivity index (χ0n) is 16.2. The van der Waals surface area contributed by atoms with Crippen molar-refractivity contribution in [1.82, 2.24) is 39.5 Å². The molecule has 10 heteroatoms. The Kier molecular flexibility index (Phi) is 3.73. The van der Waals surface area contributed by atoms with Crippen molar-refractivity contribution in [2.45, 2.75) is 13.0 Å². The Balaban J connectivity index is 1.65. The molecule has 5 aromatic rings. The predicted octanol–water partition coefficient (Wildman–Crippen LogP) is 2.40. The van der Waals surface area contributed by atoms with E-state index in [1.807, 2.05) is 44.0 Å². The zero-order valence-corrected chi connectivity index (χ0v) is 16.2. The molecule has 5 heterocycles. The predicted molar refractivity (Wildman–Crippen MR) is 111 cm³/mol. The van der Waals surface area contributed by atoms with Crippen LogP contribution in [0.25, 0.3) is 33.3 Å². The molecule has 146 valence electrons. The van der Waals surface area contributed by atoms with E-state index in [0.29, 0.717) is 11.5 Å². The molecule has 1 unspecified atom stereocenters. The summed E-state index contributed by atoms with van der Waals surface area (Å²) in [5.74, 6) is 0.787. The van der Waals surface area contributed by atoms with Gasteiger partial charge in [-0.25, -0.2) is 4.98 Å². The van der Waals surface area contributed by atoms with Gasteiger partial charge in [0.2, 0.25) is 5.95 Å². The molecule has 4 N–H and O–H groups in total. The molecular formula is C19H20N10. The summed E-state index contributed by atoms with van der Waals surface area (Å²) in [6.45, 7) is 2.04. The van der Waals surface area contributed by atoms with Gasteiger partial charge in [-0.1, -0.05) is 0 Å². The summed E-state index contributed by atoms with van der Waals surface area (Å²) in [6.07, 6.45) is 5.47. The van der Waals surface area contributed by atoms with Gasteiger partial charge in [-0.15, -0.1) is 0 Å². The first-order chi connectivity index (χ1) is 14.0. The largest absolute Gasteiger partial charge is 0.368 e. The number of aryl methyl sites for hydroxylation is 2. The molecule has 10 nitrogen and oxygen atoms in total. The maximum absolute atomic E-state index is 5.86. The Labute approximate surface area is 165 Å². The number of anilines is 2. The molecule has 0 saturated heterocycles. The van der Waals surface area contributed by atoms with Crippen LogP contribution in [-0.2, 0) is 14.1 Å². The van der Waals surface area contributed by atoms with E-state index in [4.69, 9.17) is 10.7 Å². The second-order valence-electron chi connectivity index (χ2n) is 7.02. The number of rotatable bonds is 4. The van der Waals surface area contributed by atoms with Gasteiger partial charge in [-0.3, -0.25) is 9.78 Å². The third kappa shape index (κ3) is 2.76. The Morgan fingerprint density at radius 1 is 1.17 bits per heavy atom. The minimum atomic E-state index is -0.156. The van der Waals surface area contributed by atoms with Crippen molar-refractivity contribution in [3.63, 3.8) is 0 Å². The lowest BCUT2D eigenvalue weighted by atomic mass is 10.0. The summed E-state index contributed by atoms with van der Waals surface area (Å²) in [7, 11) is 3.93. The first-order valence-electron chi connectivity index (χ1n) is 9.18. The number of nitrogens with zero attached hydrogens (tertiary/aromatic N) is 7. The maximum Gasteiger partial charge on any atom is 0.224 e. The molecule has 0 bridgehead atoms. The molecule has 0 aliphatic heterocycles. The standard InChI is InChI=1S/C19H20N10/c1-10(23-17-12-9-21-27-18(12)26-19(20)25-17)16-11(14-4-6-22-29(14)3)8-15-13(24-16)5-7-28(15)2/h4-10H,1-3H3,(H4,20,21,23,25,26,27). The van der Waals surface area contributed by atoms with Crippen LogP contribution in [-0.4, -0.2) is 39.5 Å². The summed E-state index contributed by atoms with van der Waals surface area (Å²) in [5, 5.41) is 15.4. The van der Waals surface area contributed by atoms with Gasteiger partial charge < -0.3 is 15.6 Å². The lowest BCUT2D eigenvalue weighted by molar-refractivity contribution is 0.769. The van der Waals surface area contributed by atoms with E-state index in [-0.39, 0.29) is 12.0 Å². The summed E-state index contributed by atoms with van der Waals surface area (Å²) >= 11 is 0. The fourth-order valence-corrected chi connectivity index (χ4v) is 3.61. The minimum absolute atomic E-state index is 0.156. The highest BCUT2D eigenvalue weighted by molar-refractivity contribution is 5.87. The molecule has 0 saturated carbocycles. The molecule has 0 amide bonds. The first-order valence-corrected chi connectivity index (χ1v) is 9.18. The van der Waals surface area contributed by atoms with E-state index in [9.17, 15) is 0 Å². The summed E-state index contributed by atoms with van der Waals surface area (Å²) in [5.41, 5.74) is 11.3. The molecule has 0 aliphatic rings. The monoisotopic (exact) mass is 388 g/mol. The lowest BCUT2D eigenvalue weighted by Crippen LogP contribution is -2.13. The van der Waals surface area contributed by atoms with Gasteiger partial charge >= 0.3 is 0 Å². The van der Waals surface area contributed by atoms with E-state index in [2.05, 4.69) is 41.2 Å². The van der Waals surface area contributed by atoms with Crippen LogP contribution in [0.1, 0.15) is 18.7 Å². The van der Waals surface area contributed by atoms with E-state index in [1.165, 1.54) is 0 Å². The molecule has 5 aromatic heterocycles. The normalized spacial score (nSPS) is 12.7. The molecule has 0 fully saturated rings. The number of nitrogen functional groups attached to an aromatic ring is 1. The highest BCUT2D eigenvalue weighted by Gasteiger charge is 2.20. The molecule has 0 radical (unpaired) electrons. The lowest BCUT2D eigenvalue weighted by Gasteiger charge is -2.19. The van der Waals surface area contributed by atoms with Crippen LogP contribution < -0.4 is 11.1 Å². The Hall–Kier alpha value is -3.95. The number of hydrogen-bond donors (Lipinski definition) is 3. The van der Waals surface area contributed by atoms with Gasteiger partial charge in [0.05, 0.1) is 40.0 Å². The number of pyridine rings is 1. The minimum Gasteiger partial charge on any atom is -0.368 e. The Morgan fingerprint density at radius 3 is 2.83 bits per heavy atom. The zero-order chi connectivity index (χ0) is 20.1. The van der Waals surface area contributed by atoms with Crippen LogP contribution in [0, 0.1) is 0 Å². The van der Waals surface area contributed by atoms with Gasteiger partial charge in [0, 0.05) is 32.1 Å². The molecular weight excluding hydrogens is 368 g/mol. The molecule has 0 aromatic carbocycles. The van der Waals surface area contributed by atoms with Crippen molar-refractivity contribution in [3.8, 4) is 11.3 Å². The molecule has 5 rings (SSSR count). The third-order valence-electron chi connectivity index (χ3n) is 5.08. The Morgan fingerprint density at radius 2 is 2.03 bits per heavy atom. The quantitative estimate of drug-likeness (QED) is 0.431. The van der Waals surface area contributed by atoms with Crippen molar-refractivity contribution in [2.24, 2.45) is 14.1 Å². The summed E-state index contributed by atoms with van der Waals surface area (Å²) in [4.78, 5) is 13.5. The van der Waals surface area contributed by atoms with E-state index < -0.39 is 0 Å². The third-order valence-corrected chi connectivity index (χ3v) is 5.08. The average Bonchev–Trinajstić information content (AvgIpc) is 3.41. The van der Waals surface area contributed by atoms with Crippen LogP contribution in [0.5, 0.6) is 0 Å². The van der Waals surface area contributed by atoms with Gasteiger partial charge in [0.15, 0.2) is 5.65 Å². The van der Waals surface area contributed by atoms with E-state index in [1.54, 1.807) is 12.4 Å². The Bertz CT molecular complexity index is 1340. The fraction of sp³-hybridized carbons (Fsp3) is 0.211. The van der Waals surface area contributed by atoms with Crippen LogP contribution in [0.2, 0.25) is 0 Å². The molecule has 1 atom stereocenters. The van der Waals surface area contributed by atoms with Gasteiger partial charge in [-0.05, 0) is 25.1 Å². The summed E-state index contributed by atoms with van der Waals surface area (Å²) in [6, 6.07) is 5.99. The number of nitrogens with two attached hydrogens (primary N) is 1. The van der Waals surface area contributed by atoms with Crippen molar-refractivity contribution in [2.75, 3.05) is 11.1 Å². The number of nitrogens with one attached hydrogen (secondary N) is 2. The number of fused-ring (bicyclic) bond motifs is 2. The number of aromatic nitrogens is 8. The second kappa shape index (κ2) is 6.30. The second-order valence-corrected chi connectivity index (χ2v) is 7.02. The highest BCUT2D eigenvalue weighted by Crippen LogP contribution is 2.32. The van der Waals surface area contributed by atoms with Crippen LogP contribution in [0.4, 0.5) is 11.8 Å². The van der Waals surface area contributed by atoms with Crippen molar-refractivity contribution in [3.05, 3.63) is 42.5 Å². The summed E-state index contributed by atoms with van der Waals surface area (Å²) < 4.78 is 3.91. The highest BCUT2D eigenvalue weighted by atomic mass is 15.3. The smallest absolute Gasteiger partial charge is 0.224 e. The topological polar surface area (TPSA) is 128 Å². The maximum atomic E-state index is 5.86. The average molecular weight is 388 g/mol. The van der Waals surface area contributed by atoms with Gasteiger partial charge in [0.1, 0.15) is 5.82 Å². The van der Waals surface area contributed by atoms with E-state index in [0.717, 1.165) is 33.4 Å². The number of H-pyrrole nitrogens is 1. The molecule has 0 spiro atoms. The van der Waals surface area contributed by atoms with Crippen molar-refractivity contribution in [1.29, 1.82) is 0 Å². The number of aromatic amines is 1. The molecule has 29 heavy (non-hydrogen) atoms. The van der Waals surface area contributed by atoms with Crippen LogP contribution >= 0.6 is 0 Å². The van der Waals surface area contributed by atoms with Crippen LogP contribution in [0.15, 0.2) is 36.8 Å². The van der Waals surface area contributed by atoms with Crippen molar-refractivity contribution >= 4 is 33.8 Å². The van der Waals surface area contributed by atoms with Gasteiger partial charge in [-0.2, -0.15) is 20.2 Å². The first kappa shape index (κ1) is 17.2. The van der Waals surface area contributed by atoms with E-state index >= 15 is 0 Å². The van der Waals surface area contributed by atoms with Gasteiger partial charge in [0.25, 0.3) is 0 Å².